The molecule has 0 radical (unpaired) electrons. The Balaban J connectivity index is 0.819. The van der Waals surface area contributed by atoms with E-state index in [0.29, 0.717) is 141 Å². The zero-order valence-electron chi connectivity index (χ0n) is 54.4. The van der Waals surface area contributed by atoms with Gasteiger partial charge >= 0.3 is 5.97 Å². The minimum absolute atomic E-state index is 0.128. The highest BCUT2D eigenvalue weighted by Gasteiger charge is 2.48. The van der Waals surface area contributed by atoms with Crippen molar-refractivity contribution in [3.63, 3.8) is 0 Å². The number of nitrogens with one attached hydrogen (secondary N) is 3. The number of amides is 6. The Morgan fingerprint density at radius 3 is 2.00 bits per heavy atom. The molecule has 3 aromatic carbocycles. The number of primary amides is 2. The molecule has 0 unspecified atom stereocenters. The predicted molar refractivity (Wildman–Crippen MR) is 352 cm³/mol. The lowest BCUT2D eigenvalue weighted by atomic mass is 9.91. The van der Waals surface area contributed by atoms with E-state index >= 15 is 0 Å². The summed E-state index contributed by atoms with van der Waals surface area (Å²) in [5, 5.41) is 31.1. The molecular weight excluding hydrogens is 1210 g/mol. The average molecular weight is 1290 g/mol. The van der Waals surface area contributed by atoms with Crippen molar-refractivity contribution in [3.05, 3.63) is 124 Å². The maximum Gasteiger partial charge on any atom is 0.320 e. The number of carboxylic acid groups (broad SMARTS) is 1. The summed E-state index contributed by atoms with van der Waals surface area (Å²) < 4.78 is 19.6. The highest BCUT2D eigenvalue weighted by atomic mass is 16.6. The molecule has 6 amide bonds. The fourth-order valence-electron chi connectivity index (χ4n) is 11.8. The Morgan fingerprint density at radius 1 is 0.755 bits per heavy atom. The number of carboxylic acids is 1. The van der Waals surface area contributed by atoms with E-state index in [1.54, 1.807) is 74.8 Å². The first-order valence-electron chi connectivity index (χ1n) is 31.8. The van der Waals surface area contributed by atoms with Gasteiger partial charge in [0.25, 0.3) is 11.8 Å². The molecule has 6 heterocycles. The molecule has 28 heteroatoms. The van der Waals surface area contributed by atoms with Crippen LogP contribution < -0.4 is 37.9 Å². The lowest BCUT2D eigenvalue weighted by molar-refractivity contribution is -0.190. The SMILES string of the molecule is CCn1nc(C)cc1C(=O)Nc1nc2cc(C(N)=O)ccc2n1C/C=C/Cn1c(NC(=O)c2cc(C)nn2CC)nc2cc(C(N)=O)cc(OCCCN3CC4(C3)CN(C(=O)[C@H](CC(C)C)NC(=O)CCCCCO/N=C(\C)c3ccc(C[C@H](N)C(=O)O)cc3)CCO4)c21. The number of aliphatic carboxylic acids is 1. The van der Waals surface area contributed by atoms with E-state index in [0.717, 1.165) is 17.5 Å². The molecule has 94 heavy (non-hydrogen) atoms. The van der Waals surface area contributed by atoms with Crippen LogP contribution in [0, 0.1) is 19.8 Å². The number of aromatic nitrogens is 8. The number of ether oxygens (including phenoxy) is 2. The van der Waals surface area contributed by atoms with Crippen molar-refractivity contribution in [2.45, 2.75) is 137 Å². The number of rotatable bonds is 32. The Labute approximate surface area is 544 Å². The zero-order valence-corrected chi connectivity index (χ0v) is 54.4. The number of nitrogens with two attached hydrogens (primary N) is 3. The Bertz CT molecular complexity index is 3980. The van der Waals surface area contributed by atoms with Crippen molar-refractivity contribution in [2.24, 2.45) is 28.3 Å². The highest BCUT2D eigenvalue weighted by molar-refractivity contribution is 6.05. The Kier molecular flexibility index (Phi) is 22.4. The van der Waals surface area contributed by atoms with Gasteiger partial charge < -0.3 is 56.0 Å². The van der Waals surface area contributed by atoms with Crippen LogP contribution in [0.1, 0.15) is 137 Å². The van der Waals surface area contributed by atoms with E-state index in [1.165, 1.54) is 0 Å². The van der Waals surface area contributed by atoms with Crippen LogP contribution in [0.25, 0.3) is 22.1 Å². The fraction of sp³-hybridized carbons (Fsp3) is 0.455. The molecule has 2 aliphatic rings. The van der Waals surface area contributed by atoms with Crippen molar-refractivity contribution in [1.82, 2.24) is 53.8 Å². The lowest BCUT2D eigenvalue weighted by Gasteiger charge is -2.54. The van der Waals surface area contributed by atoms with E-state index in [4.69, 9.17) is 46.6 Å². The first-order chi connectivity index (χ1) is 45.0. The van der Waals surface area contributed by atoms with Crippen LogP contribution in [0.5, 0.6) is 5.75 Å². The summed E-state index contributed by atoms with van der Waals surface area (Å²) in [7, 11) is 0. The number of likely N-dealkylation sites (tertiary alicyclic amines) is 1. The van der Waals surface area contributed by atoms with Crippen LogP contribution in [0.4, 0.5) is 11.9 Å². The van der Waals surface area contributed by atoms with Crippen molar-refractivity contribution < 1.29 is 53.0 Å². The summed E-state index contributed by atoms with van der Waals surface area (Å²) >= 11 is 0. The molecular formula is C66H85N17O11. The summed E-state index contributed by atoms with van der Waals surface area (Å²) in [6.07, 6.45) is 7.27. The number of benzene rings is 3. The monoisotopic (exact) mass is 1290 g/mol. The van der Waals surface area contributed by atoms with Crippen LogP contribution >= 0.6 is 0 Å². The topological polar surface area (TPSA) is 372 Å². The van der Waals surface area contributed by atoms with Gasteiger partial charge in [-0.1, -0.05) is 55.4 Å². The van der Waals surface area contributed by atoms with Gasteiger partial charge in [-0.2, -0.15) is 10.2 Å². The number of carbonyl (C=O) groups is 7. The maximum absolute atomic E-state index is 14.2. The molecule has 10 N–H and O–H groups in total. The molecule has 2 fully saturated rings. The third-order valence-corrected chi connectivity index (χ3v) is 16.5. The third kappa shape index (κ3) is 16.9. The van der Waals surface area contributed by atoms with Gasteiger partial charge in [-0.25, -0.2) is 9.97 Å². The number of morpholine rings is 1. The molecule has 4 aromatic heterocycles. The number of anilines is 2. The van der Waals surface area contributed by atoms with Gasteiger partial charge in [0.1, 0.15) is 46.9 Å². The molecule has 7 aromatic rings. The van der Waals surface area contributed by atoms with E-state index in [1.807, 2.05) is 75.9 Å². The molecule has 500 valence electrons. The second kappa shape index (κ2) is 30.8. The quantitative estimate of drug-likeness (QED) is 0.0117. The largest absolute Gasteiger partial charge is 0.491 e. The molecule has 0 saturated carbocycles. The van der Waals surface area contributed by atoms with Crippen molar-refractivity contribution in [2.75, 3.05) is 63.2 Å². The minimum Gasteiger partial charge on any atom is -0.491 e. The van der Waals surface area contributed by atoms with E-state index < -0.39 is 47.3 Å². The molecule has 2 saturated heterocycles. The van der Waals surface area contributed by atoms with Crippen molar-refractivity contribution in [1.29, 1.82) is 0 Å². The number of aryl methyl sites for hydroxylation is 4. The molecule has 0 bridgehead atoms. The summed E-state index contributed by atoms with van der Waals surface area (Å²) in [5.74, 6) is -2.77. The van der Waals surface area contributed by atoms with Crippen LogP contribution in [0.2, 0.25) is 0 Å². The molecule has 1 spiro atoms. The number of imidazole rings is 2. The second-order valence-corrected chi connectivity index (χ2v) is 24.3. The number of unbranched alkanes of at least 4 members (excludes halogenated alkanes) is 2. The lowest BCUT2D eigenvalue weighted by Crippen LogP contribution is -2.71. The summed E-state index contributed by atoms with van der Waals surface area (Å²) in [6, 6.07) is 17.0. The van der Waals surface area contributed by atoms with Crippen LogP contribution in [-0.2, 0) is 56.6 Å². The van der Waals surface area contributed by atoms with Gasteiger partial charge in [-0.3, -0.25) is 58.5 Å². The smallest absolute Gasteiger partial charge is 0.320 e. The third-order valence-electron chi connectivity index (χ3n) is 16.5. The number of hydrogen-bond donors (Lipinski definition) is 7. The van der Waals surface area contributed by atoms with Gasteiger partial charge in [-0.15, -0.1) is 0 Å². The first-order valence-corrected chi connectivity index (χ1v) is 31.8. The van der Waals surface area contributed by atoms with Crippen LogP contribution in [0.15, 0.2) is 84.0 Å². The van der Waals surface area contributed by atoms with E-state index in [-0.39, 0.29) is 73.3 Å². The van der Waals surface area contributed by atoms with Gasteiger partial charge in [0, 0.05) is 69.9 Å². The molecule has 2 atom stereocenters. The normalized spacial score (nSPS) is 14.8. The van der Waals surface area contributed by atoms with Gasteiger partial charge in [-0.05, 0) is 133 Å². The molecule has 28 nitrogen and oxygen atoms in total. The highest BCUT2D eigenvalue weighted by Crippen LogP contribution is 2.34. The standard InChI is InChI=1S/C66H85N17O11/c1-8-82-53(31-41(5)75-82)60(87)73-64-71-49-34-46(58(68)85)21-22-52(49)80(64)24-12-13-25-81-57-50(72-65(81)74-61(88)54-32-42(6)76-83(54)9-2)35-47(59(69)86)36-55(57)92-27-15-23-78-37-66(38-78)39-79(26-29-93-66)62(89)51(30-40(3)4)70-56(84)16-11-10-14-28-94-77-43(7)45-19-17-44(18-20-45)33-48(67)63(90)91/h12-13,17-22,31-32,34-36,40,48,51H,8-11,14-16,23-30,33,37-39,67H2,1-7H3,(H2,68,85)(H2,69,86)(H,70,84)(H,90,91)(H,71,73,87)(H,72,74,88)/b13-12+,77-43+/t48-,51-/m0/s1. The van der Waals surface area contributed by atoms with Crippen molar-refractivity contribution in [3.8, 4) is 5.75 Å². The van der Waals surface area contributed by atoms with Crippen molar-refractivity contribution >= 4 is 81.1 Å². The zero-order chi connectivity index (χ0) is 67.4. The summed E-state index contributed by atoms with van der Waals surface area (Å²) in [5.41, 5.74) is 23.2. The fourth-order valence-corrected chi connectivity index (χ4v) is 11.8. The molecule has 2 aliphatic heterocycles. The summed E-state index contributed by atoms with van der Waals surface area (Å²) in [6.45, 7) is 18.0. The number of carbonyl (C=O) groups excluding carboxylic acids is 6. The van der Waals surface area contributed by atoms with E-state index in [2.05, 4.69) is 36.2 Å². The number of allylic oxidation sites excluding steroid dienone is 2. The number of nitrogens with zero attached hydrogens (tertiary/aromatic N) is 11. The number of hydrogen-bond acceptors (Lipinski definition) is 17. The van der Waals surface area contributed by atoms with Crippen LogP contribution in [-0.4, -0.2) is 171 Å². The average Bonchev–Trinajstić information content (AvgIpc) is 1.41. The summed E-state index contributed by atoms with van der Waals surface area (Å²) in [4.78, 5) is 111. The number of oxime groups is 1. The Morgan fingerprint density at radius 2 is 1.37 bits per heavy atom. The Hall–Kier alpha value is -9.80. The van der Waals surface area contributed by atoms with Gasteiger partial charge in [0.05, 0.1) is 53.4 Å². The van der Waals surface area contributed by atoms with E-state index in [9.17, 15) is 33.6 Å². The number of fused-ring (bicyclic) bond motifs is 2. The maximum atomic E-state index is 14.2. The second-order valence-electron chi connectivity index (χ2n) is 24.3. The van der Waals surface area contributed by atoms with Gasteiger partial charge in [0.2, 0.25) is 35.5 Å². The van der Waals surface area contributed by atoms with Crippen LogP contribution in [0.3, 0.4) is 0 Å². The molecule has 9 rings (SSSR count). The minimum atomic E-state index is -1.05. The predicted octanol–water partition coefficient (Wildman–Crippen LogP) is 5.56. The molecule has 0 aliphatic carbocycles. The first kappa shape index (κ1) is 68.6. The van der Waals surface area contributed by atoms with Gasteiger partial charge in [0.15, 0.2) is 0 Å².